The number of nitrogens with one attached hydrogen (secondary N) is 1. The van der Waals surface area contributed by atoms with Crippen LogP contribution in [0.25, 0.3) is 10.2 Å². The number of benzene rings is 1. The minimum absolute atomic E-state index is 0.0346. The Labute approximate surface area is 148 Å². The van der Waals surface area contributed by atoms with Gasteiger partial charge in [-0.1, -0.05) is 37.3 Å². The molecule has 25 heavy (non-hydrogen) atoms. The summed E-state index contributed by atoms with van der Waals surface area (Å²) in [4.78, 5) is 28.6. The number of fused-ring (bicyclic) bond motifs is 1. The number of carboxylic acids is 1. The number of hydrogen-bond donors (Lipinski definition) is 2. The molecule has 0 aliphatic carbocycles. The van der Waals surface area contributed by atoms with Crippen LogP contribution in [-0.4, -0.2) is 22.2 Å². The molecule has 0 fully saturated rings. The predicted octanol–water partition coefficient (Wildman–Crippen LogP) is 4.31. The van der Waals surface area contributed by atoms with E-state index in [4.69, 9.17) is 4.74 Å². The van der Waals surface area contributed by atoms with Crippen LogP contribution in [-0.2, 0) is 17.8 Å². The van der Waals surface area contributed by atoms with Gasteiger partial charge in [0.1, 0.15) is 16.3 Å². The molecule has 0 spiro atoms. The molecule has 0 bridgehead atoms. The number of rotatable bonds is 5. The van der Waals surface area contributed by atoms with E-state index in [1.165, 1.54) is 0 Å². The number of aryl methyl sites for hydroxylation is 1. The van der Waals surface area contributed by atoms with Gasteiger partial charge in [0, 0.05) is 11.1 Å². The molecule has 1 aromatic carbocycles. The molecule has 7 heteroatoms. The van der Waals surface area contributed by atoms with E-state index < -0.39 is 12.1 Å². The normalized spacial score (nSPS) is 10.6. The fraction of sp³-hybridized carbons (Fsp3) is 0.167. The van der Waals surface area contributed by atoms with Crippen molar-refractivity contribution in [3.8, 4) is 0 Å². The van der Waals surface area contributed by atoms with Gasteiger partial charge < -0.3 is 9.84 Å². The zero-order valence-electron chi connectivity index (χ0n) is 13.5. The fourth-order valence-electron chi connectivity index (χ4n) is 2.35. The lowest BCUT2D eigenvalue weighted by molar-refractivity contribution is 0.0703. The maximum Gasteiger partial charge on any atom is 0.412 e. The summed E-state index contributed by atoms with van der Waals surface area (Å²) >= 11 is 1.04. The number of amides is 1. The van der Waals surface area contributed by atoms with Crippen LogP contribution in [0.5, 0.6) is 0 Å². The SMILES string of the molecule is CCc1ccc2c(NC(=O)OCc3ccccc3)c(C(=O)O)sc2n1. The lowest BCUT2D eigenvalue weighted by Gasteiger charge is -2.07. The van der Waals surface area contributed by atoms with Crippen LogP contribution in [0, 0.1) is 0 Å². The number of carbonyl (C=O) groups is 2. The van der Waals surface area contributed by atoms with Crippen molar-refractivity contribution >= 4 is 39.3 Å². The summed E-state index contributed by atoms with van der Waals surface area (Å²) in [6, 6.07) is 12.8. The van der Waals surface area contributed by atoms with Gasteiger partial charge in [0.2, 0.25) is 0 Å². The van der Waals surface area contributed by atoms with Gasteiger partial charge >= 0.3 is 12.1 Å². The van der Waals surface area contributed by atoms with E-state index in [1.54, 1.807) is 6.07 Å². The number of aromatic carboxylic acids is 1. The molecule has 2 aromatic heterocycles. The standard InChI is InChI=1S/C18H16N2O4S/c1-2-12-8-9-13-14(15(17(21)22)25-16(13)19-12)20-18(23)24-10-11-6-4-3-5-7-11/h3-9H,2,10H2,1H3,(H,20,23)(H,21,22). The molecule has 0 unspecified atom stereocenters. The van der Waals surface area contributed by atoms with Crippen molar-refractivity contribution < 1.29 is 19.4 Å². The van der Waals surface area contributed by atoms with Gasteiger partial charge in [-0.2, -0.15) is 0 Å². The number of carboxylic acid groups (broad SMARTS) is 1. The van der Waals surface area contributed by atoms with Gasteiger partial charge in [-0.05, 0) is 24.1 Å². The van der Waals surface area contributed by atoms with Crippen molar-refractivity contribution in [2.24, 2.45) is 0 Å². The van der Waals surface area contributed by atoms with Crippen LogP contribution in [0.1, 0.15) is 27.9 Å². The Hall–Kier alpha value is -2.93. The summed E-state index contributed by atoms with van der Waals surface area (Å²) in [6.45, 7) is 2.08. The van der Waals surface area contributed by atoms with Gasteiger partial charge in [-0.15, -0.1) is 11.3 Å². The summed E-state index contributed by atoms with van der Waals surface area (Å²) in [5.74, 6) is -1.11. The van der Waals surface area contributed by atoms with Crippen molar-refractivity contribution in [1.82, 2.24) is 4.98 Å². The van der Waals surface area contributed by atoms with Crippen LogP contribution in [0.4, 0.5) is 10.5 Å². The summed E-state index contributed by atoms with van der Waals surface area (Å²) in [5, 5.41) is 12.5. The van der Waals surface area contributed by atoms with Crippen LogP contribution in [0.2, 0.25) is 0 Å². The highest BCUT2D eigenvalue weighted by atomic mass is 32.1. The van der Waals surface area contributed by atoms with Gasteiger partial charge in [-0.25, -0.2) is 14.6 Å². The zero-order valence-corrected chi connectivity index (χ0v) is 14.3. The molecule has 0 saturated heterocycles. The molecule has 3 rings (SSSR count). The molecule has 3 aromatic rings. The zero-order chi connectivity index (χ0) is 17.8. The molecule has 6 nitrogen and oxygen atoms in total. The summed E-state index contributed by atoms with van der Waals surface area (Å²) in [7, 11) is 0. The second-order valence-electron chi connectivity index (χ2n) is 5.31. The molecule has 0 aliphatic heterocycles. The van der Waals surface area contributed by atoms with E-state index in [2.05, 4.69) is 10.3 Å². The van der Waals surface area contributed by atoms with E-state index in [0.717, 1.165) is 29.0 Å². The lowest BCUT2D eigenvalue weighted by Crippen LogP contribution is -2.15. The van der Waals surface area contributed by atoms with Crippen molar-refractivity contribution in [3.63, 3.8) is 0 Å². The van der Waals surface area contributed by atoms with E-state index in [9.17, 15) is 14.7 Å². The molecule has 128 valence electrons. The molecular weight excluding hydrogens is 340 g/mol. The average Bonchev–Trinajstić information content (AvgIpc) is 2.98. The van der Waals surface area contributed by atoms with Gasteiger partial charge in [0.25, 0.3) is 0 Å². The van der Waals surface area contributed by atoms with E-state index >= 15 is 0 Å². The highest BCUT2D eigenvalue weighted by molar-refractivity contribution is 7.21. The van der Waals surface area contributed by atoms with Crippen LogP contribution < -0.4 is 5.32 Å². The first-order valence-electron chi connectivity index (χ1n) is 7.72. The Morgan fingerprint density at radius 2 is 1.96 bits per heavy atom. The molecule has 1 amide bonds. The second-order valence-corrected chi connectivity index (χ2v) is 6.31. The van der Waals surface area contributed by atoms with Crippen molar-refractivity contribution in [3.05, 3.63) is 58.6 Å². The van der Waals surface area contributed by atoms with Crippen molar-refractivity contribution in [2.45, 2.75) is 20.0 Å². The number of pyridine rings is 1. The Morgan fingerprint density at radius 3 is 2.64 bits per heavy atom. The molecule has 0 aliphatic rings. The molecule has 0 radical (unpaired) electrons. The molecular formula is C18H16N2O4S. The topological polar surface area (TPSA) is 88.5 Å². The highest BCUT2D eigenvalue weighted by Gasteiger charge is 2.21. The maximum absolute atomic E-state index is 12.1. The number of carbonyl (C=O) groups excluding carboxylic acids is 1. The number of hydrogen-bond acceptors (Lipinski definition) is 5. The number of aromatic nitrogens is 1. The van der Waals surface area contributed by atoms with Gasteiger partial charge in [-0.3, -0.25) is 5.32 Å². The third-order valence-corrected chi connectivity index (χ3v) is 4.70. The number of nitrogens with zero attached hydrogens (tertiary/aromatic N) is 1. The third kappa shape index (κ3) is 3.77. The van der Waals surface area contributed by atoms with E-state index in [1.807, 2.05) is 43.3 Å². The molecule has 2 heterocycles. The number of anilines is 1. The lowest BCUT2D eigenvalue weighted by atomic mass is 10.2. The van der Waals surface area contributed by atoms with Gasteiger partial charge in [0.05, 0.1) is 5.69 Å². The molecule has 0 atom stereocenters. The Kier molecular flexibility index (Phi) is 4.95. The fourth-order valence-corrected chi connectivity index (χ4v) is 3.34. The Bertz CT molecular complexity index is 921. The van der Waals surface area contributed by atoms with Crippen LogP contribution >= 0.6 is 11.3 Å². The van der Waals surface area contributed by atoms with Crippen molar-refractivity contribution in [1.29, 1.82) is 0 Å². The largest absolute Gasteiger partial charge is 0.477 e. The summed E-state index contributed by atoms with van der Waals surface area (Å²) in [6.07, 6.45) is 0.0450. The van der Waals surface area contributed by atoms with E-state index in [0.29, 0.717) is 10.2 Å². The summed E-state index contributed by atoms with van der Waals surface area (Å²) < 4.78 is 5.17. The first-order valence-corrected chi connectivity index (χ1v) is 8.53. The highest BCUT2D eigenvalue weighted by Crippen LogP contribution is 2.35. The number of thiophene rings is 1. The molecule has 0 saturated carbocycles. The van der Waals surface area contributed by atoms with E-state index in [-0.39, 0.29) is 17.2 Å². The quantitative estimate of drug-likeness (QED) is 0.711. The predicted molar refractivity (Wildman–Crippen MR) is 96.2 cm³/mol. The first kappa shape index (κ1) is 16.9. The first-order chi connectivity index (χ1) is 12.1. The second kappa shape index (κ2) is 7.31. The Morgan fingerprint density at radius 1 is 1.20 bits per heavy atom. The maximum atomic E-state index is 12.1. The summed E-state index contributed by atoms with van der Waals surface area (Å²) in [5.41, 5.74) is 1.94. The Balaban J connectivity index is 1.82. The average molecular weight is 356 g/mol. The van der Waals surface area contributed by atoms with Gasteiger partial charge in [0.15, 0.2) is 0 Å². The van der Waals surface area contributed by atoms with Crippen LogP contribution in [0.15, 0.2) is 42.5 Å². The monoisotopic (exact) mass is 356 g/mol. The van der Waals surface area contributed by atoms with Crippen molar-refractivity contribution in [2.75, 3.05) is 5.32 Å². The third-order valence-electron chi connectivity index (χ3n) is 3.61. The minimum atomic E-state index is -1.11. The minimum Gasteiger partial charge on any atom is -0.477 e. The van der Waals surface area contributed by atoms with Crippen LogP contribution in [0.3, 0.4) is 0 Å². The molecule has 2 N–H and O–H groups in total. The smallest absolute Gasteiger partial charge is 0.412 e. The number of ether oxygens (including phenoxy) is 1.